The van der Waals surface area contributed by atoms with E-state index in [2.05, 4.69) is 57.7 Å². The van der Waals surface area contributed by atoms with Crippen LogP contribution in [0.5, 0.6) is 5.75 Å². The summed E-state index contributed by atoms with van der Waals surface area (Å²) in [6, 6.07) is 6.34. The van der Waals surface area contributed by atoms with E-state index < -0.39 is 0 Å². The predicted octanol–water partition coefficient (Wildman–Crippen LogP) is 4.14. The third kappa shape index (κ3) is 3.69. The molecule has 5 rings (SSSR count). The number of fused-ring (bicyclic) bond motifs is 2. The number of nitrogen functional groups attached to an aromatic ring is 2. The van der Waals surface area contributed by atoms with Crippen LogP contribution in [0.2, 0.25) is 0 Å². The van der Waals surface area contributed by atoms with E-state index in [-0.39, 0.29) is 11.9 Å². The molecule has 1 aliphatic rings. The summed E-state index contributed by atoms with van der Waals surface area (Å²) in [7, 11) is 0. The summed E-state index contributed by atoms with van der Waals surface area (Å²) in [5, 5.41) is 0.525. The van der Waals surface area contributed by atoms with Gasteiger partial charge in [-0.25, -0.2) is 15.0 Å². The molecule has 9 heteroatoms. The Morgan fingerprint density at radius 3 is 2.72 bits per heavy atom. The monoisotopic (exact) mass is 447 g/mol. The molecule has 4 aromatic rings. The van der Waals surface area contributed by atoms with Crippen LogP contribution in [0.25, 0.3) is 21.5 Å². The van der Waals surface area contributed by atoms with Gasteiger partial charge in [-0.3, -0.25) is 0 Å². The van der Waals surface area contributed by atoms with E-state index in [0.717, 1.165) is 49.7 Å². The molecule has 164 valence electrons. The highest BCUT2D eigenvalue weighted by Gasteiger charge is 2.23. The highest BCUT2D eigenvalue weighted by atomic mass is 32.1. The maximum Gasteiger partial charge on any atom is 0.221 e. The molecule has 1 aromatic carbocycles. The van der Waals surface area contributed by atoms with Gasteiger partial charge in [0, 0.05) is 35.6 Å². The van der Waals surface area contributed by atoms with Gasteiger partial charge in [-0.15, -0.1) is 0 Å². The summed E-state index contributed by atoms with van der Waals surface area (Å²) in [5.74, 6) is 2.36. The maximum atomic E-state index is 6.17. The molecule has 8 nitrogen and oxygen atoms in total. The van der Waals surface area contributed by atoms with Crippen LogP contribution in [0, 0.1) is 6.92 Å². The van der Waals surface area contributed by atoms with Crippen LogP contribution in [0.1, 0.15) is 36.5 Å². The Kier molecular flexibility index (Phi) is 5.05. The van der Waals surface area contributed by atoms with Gasteiger partial charge in [-0.05, 0) is 42.2 Å². The standard InChI is InChI=1S/C23H25N7OS/c1-12(2)17-10-27-22(24)29-20(17)30-4-5-31-19-13(3)6-14(7-16(19)11-30)15-8-18-21(26-9-15)32-23(25)28-18/h6-10,12H,4-5,11H2,1-3H3,(H2,25,28)(H2,24,27,29). The number of aryl methyl sites for hydroxylation is 1. The van der Waals surface area contributed by atoms with Gasteiger partial charge in [0.1, 0.15) is 28.5 Å². The van der Waals surface area contributed by atoms with Gasteiger partial charge in [-0.2, -0.15) is 4.98 Å². The third-order valence-electron chi connectivity index (χ3n) is 5.65. The van der Waals surface area contributed by atoms with E-state index in [1.807, 2.05) is 18.5 Å². The zero-order chi connectivity index (χ0) is 22.4. The number of hydrogen-bond donors (Lipinski definition) is 2. The lowest BCUT2D eigenvalue weighted by Gasteiger charge is -2.25. The Balaban J connectivity index is 1.56. The zero-order valence-corrected chi connectivity index (χ0v) is 19.1. The van der Waals surface area contributed by atoms with Crippen molar-refractivity contribution in [1.29, 1.82) is 0 Å². The van der Waals surface area contributed by atoms with Crippen LogP contribution in [0.3, 0.4) is 0 Å². The van der Waals surface area contributed by atoms with Gasteiger partial charge >= 0.3 is 0 Å². The molecule has 4 N–H and O–H groups in total. The summed E-state index contributed by atoms with van der Waals surface area (Å²) in [6.45, 7) is 8.30. The minimum Gasteiger partial charge on any atom is -0.491 e. The molecule has 1 aliphatic heterocycles. The minimum atomic E-state index is 0.279. The molecule has 32 heavy (non-hydrogen) atoms. The lowest BCUT2D eigenvalue weighted by Crippen LogP contribution is -2.28. The van der Waals surface area contributed by atoms with E-state index in [1.165, 1.54) is 11.3 Å². The normalized spacial score (nSPS) is 13.8. The van der Waals surface area contributed by atoms with Crippen molar-refractivity contribution in [2.75, 3.05) is 29.5 Å². The van der Waals surface area contributed by atoms with Crippen LogP contribution in [-0.2, 0) is 6.54 Å². The largest absolute Gasteiger partial charge is 0.491 e. The first-order valence-corrected chi connectivity index (χ1v) is 11.4. The minimum absolute atomic E-state index is 0.279. The van der Waals surface area contributed by atoms with Crippen molar-refractivity contribution in [3.05, 3.63) is 47.3 Å². The second-order valence-corrected chi connectivity index (χ2v) is 9.32. The quantitative estimate of drug-likeness (QED) is 0.481. The van der Waals surface area contributed by atoms with Gasteiger partial charge in [0.05, 0.1) is 6.54 Å². The van der Waals surface area contributed by atoms with Crippen LogP contribution in [0.4, 0.5) is 16.9 Å². The summed E-state index contributed by atoms with van der Waals surface area (Å²) >= 11 is 1.39. The number of ether oxygens (including phenoxy) is 1. The van der Waals surface area contributed by atoms with E-state index in [9.17, 15) is 0 Å². The smallest absolute Gasteiger partial charge is 0.221 e. The number of aromatic nitrogens is 4. The summed E-state index contributed by atoms with van der Waals surface area (Å²) < 4.78 is 6.17. The van der Waals surface area contributed by atoms with E-state index in [1.54, 1.807) is 0 Å². The average Bonchev–Trinajstić information content (AvgIpc) is 2.98. The third-order valence-corrected chi connectivity index (χ3v) is 6.46. The zero-order valence-electron chi connectivity index (χ0n) is 18.3. The molecule has 0 fully saturated rings. The molecule has 4 heterocycles. The highest BCUT2D eigenvalue weighted by Crippen LogP contribution is 2.36. The fourth-order valence-corrected chi connectivity index (χ4v) is 4.77. The van der Waals surface area contributed by atoms with E-state index in [4.69, 9.17) is 16.2 Å². The number of anilines is 3. The van der Waals surface area contributed by atoms with Crippen molar-refractivity contribution < 1.29 is 4.74 Å². The number of rotatable bonds is 3. The van der Waals surface area contributed by atoms with Crippen LogP contribution >= 0.6 is 11.3 Å². The predicted molar refractivity (Wildman–Crippen MR) is 129 cm³/mol. The van der Waals surface area contributed by atoms with Crippen LogP contribution in [-0.4, -0.2) is 33.1 Å². The number of nitrogens with zero attached hydrogens (tertiary/aromatic N) is 5. The molecule has 0 unspecified atom stereocenters. The van der Waals surface area contributed by atoms with Crippen LogP contribution in [0.15, 0.2) is 30.6 Å². The molecule has 3 aromatic heterocycles. The van der Waals surface area contributed by atoms with Crippen molar-refractivity contribution >= 4 is 38.6 Å². The Bertz CT molecular complexity index is 1320. The summed E-state index contributed by atoms with van der Waals surface area (Å²) in [5.41, 5.74) is 17.9. The van der Waals surface area contributed by atoms with Crippen molar-refractivity contribution in [3.63, 3.8) is 0 Å². The fourth-order valence-electron chi connectivity index (χ4n) is 4.11. The highest BCUT2D eigenvalue weighted by molar-refractivity contribution is 7.21. The SMILES string of the molecule is Cc1cc(-c2cnc3sc(N)nc3c2)cc2c1OCCN(c1nc(N)ncc1C(C)C)C2. The summed E-state index contributed by atoms with van der Waals surface area (Å²) in [6.07, 6.45) is 3.70. The topological polar surface area (TPSA) is 116 Å². The van der Waals surface area contributed by atoms with Crippen molar-refractivity contribution in [2.24, 2.45) is 0 Å². The summed E-state index contributed by atoms with van der Waals surface area (Å²) in [4.78, 5) is 20.8. The molecule has 0 spiro atoms. The van der Waals surface area contributed by atoms with Crippen molar-refractivity contribution in [2.45, 2.75) is 33.2 Å². The molecular formula is C23H25N7OS. The number of pyridine rings is 1. The molecule has 0 bridgehead atoms. The van der Waals surface area contributed by atoms with E-state index >= 15 is 0 Å². The van der Waals surface area contributed by atoms with Crippen LogP contribution < -0.4 is 21.1 Å². The second kappa shape index (κ2) is 7.90. The number of benzene rings is 1. The lowest BCUT2D eigenvalue weighted by molar-refractivity contribution is 0.329. The first-order chi connectivity index (χ1) is 15.4. The molecule has 0 saturated heterocycles. The molecule has 0 aliphatic carbocycles. The lowest BCUT2D eigenvalue weighted by atomic mass is 9.99. The average molecular weight is 448 g/mol. The van der Waals surface area contributed by atoms with Crippen molar-refractivity contribution in [1.82, 2.24) is 19.9 Å². The second-order valence-electron chi connectivity index (χ2n) is 8.31. The Hall–Kier alpha value is -3.46. The van der Waals surface area contributed by atoms with Gasteiger partial charge in [0.25, 0.3) is 0 Å². The molecule has 0 atom stereocenters. The fraction of sp³-hybridized carbons (Fsp3) is 0.304. The van der Waals surface area contributed by atoms with Gasteiger partial charge < -0.3 is 21.1 Å². The Morgan fingerprint density at radius 1 is 1.06 bits per heavy atom. The van der Waals surface area contributed by atoms with Gasteiger partial charge in [0.2, 0.25) is 5.95 Å². The van der Waals surface area contributed by atoms with Gasteiger partial charge in [-0.1, -0.05) is 25.2 Å². The first kappa shape index (κ1) is 20.4. The number of nitrogens with two attached hydrogens (primary N) is 2. The van der Waals surface area contributed by atoms with Crippen molar-refractivity contribution in [3.8, 4) is 16.9 Å². The Labute approximate surface area is 190 Å². The maximum absolute atomic E-state index is 6.17. The number of thiazole rings is 1. The Morgan fingerprint density at radius 2 is 1.91 bits per heavy atom. The molecule has 0 radical (unpaired) electrons. The molecule has 0 saturated carbocycles. The number of hydrogen-bond acceptors (Lipinski definition) is 9. The molecular weight excluding hydrogens is 422 g/mol. The van der Waals surface area contributed by atoms with E-state index in [0.29, 0.717) is 24.8 Å². The molecule has 0 amide bonds. The first-order valence-electron chi connectivity index (χ1n) is 10.5. The van der Waals surface area contributed by atoms with Gasteiger partial charge in [0.15, 0.2) is 5.13 Å².